The number of amides is 1. The van der Waals surface area contributed by atoms with Crippen molar-refractivity contribution in [1.29, 1.82) is 0 Å². The van der Waals surface area contributed by atoms with Crippen LogP contribution in [0.1, 0.15) is 28.9 Å². The maximum Gasteiger partial charge on any atom is 0.254 e. The molecule has 3 aromatic heterocycles. The van der Waals surface area contributed by atoms with Crippen LogP contribution in [0, 0.1) is 6.92 Å². The van der Waals surface area contributed by atoms with Gasteiger partial charge in [-0.25, -0.2) is 4.98 Å². The van der Waals surface area contributed by atoms with Crippen molar-refractivity contribution in [2.45, 2.75) is 19.8 Å². The molecule has 5 nitrogen and oxygen atoms in total. The van der Waals surface area contributed by atoms with Gasteiger partial charge in [0, 0.05) is 20.1 Å². The highest BCUT2D eigenvalue weighted by Gasteiger charge is 2.25. The molecule has 1 aliphatic rings. The molecule has 0 aliphatic carbocycles. The molecule has 23 heavy (non-hydrogen) atoms. The molecule has 4 heterocycles. The predicted molar refractivity (Wildman–Crippen MR) is 91.7 cm³/mol. The van der Waals surface area contributed by atoms with Gasteiger partial charge in [-0.1, -0.05) is 6.07 Å². The maximum atomic E-state index is 13.0. The number of nitrogens with zero attached hydrogens (tertiary/aromatic N) is 4. The van der Waals surface area contributed by atoms with Crippen LogP contribution in [0.2, 0.25) is 0 Å². The molecule has 0 bridgehead atoms. The molecule has 0 unspecified atom stereocenters. The topological polar surface area (TPSA) is 51.0 Å². The summed E-state index contributed by atoms with van der Waals surface area (Å²) in [6, 6.07) is 5.97. The average molecular weight is 326 g/mol. The Balaban J connectivity index is 1.94. The number of hydrogen-bond acceptors (Lipinski definition) is 4. The predicted octanol–water partition coefficient (Wildman–Crippen LogP) is 3.24. The van der Waals surface area contributed by atoms with E-state index in [4.69, 9.17) is 4.98 Å². The number of aryl methyl sites for hydroxylation is 2. The molecule has 0 spiro atoms. The Labute approximate surface area is 138 Å². The minimum Gasteiger partial charge on any atom is -0.339 e. The van der Waals surface area contributed by atoms with Gasteiger partial charge >= 0.3 is 0 Å². The second-order valence-electron chi connectivity index (χ2n) is 5.94. The summed E-state index contributed by atoms with van der Waals surface area (Å²) in [5.41, 5.74) is 3.20. The van der Waals surface area contributed by atoms with Gasteiger partial charge < -0.3 is 4.90 Å². The van der Waals surface area contributed by atoms with Gasteiger partial charge in [0.05, 0.1) is 27.2 Å². The summed E-state index contributed by atoms with van der Waals surface area (Å²) in [6.45, 7) is 3.63. The summed E-state index contributed by atoms with van der Waals surface area (Å²) in [5, 5.41) is 7.37. The fraction of sp³-hybridized carbons (Fsp3) is 0.353. The van der Waals surface area contributed by atoms with Crippen LogP contribution in [0.15, 0.2) is 23.6 Å². The lowest BCUT2D eigenvalue weighted by Crippen LogP contribution is -2.28. The third kappa shape index (κ3) is 2.34. The first-order valence-electron chi connectivity index (χ1n) is 7.82. The first-order valence-corrected chi connectivity index (χ1v) is 8.70. The van der Waals surface area contributed by atoms with Gasteiger partial charge in [-0.3, -0.25) is 9.48 Å². The molecule has 118 valence electrons. The van der Waals surface area contributed by atoms with Gasteiger partial charge in [-0.15, -0.1) is 11.3 Å². The lowest BCUT2D eigenvalue weighted by Gasteiger charge is -2.16. The number of thiophene rings is 1. The van der Waals surface area contributed by atoms with Gasteiger partial charge in [0.1, 0.15) is 0 Å². The molecule has 0 N–H and O–H groups in total. The van der Waals surface area contributed by atoms with E-state index in [0.29, 0.717) is 0 Å². The molecule has 1 amide bonds. The fourth-order valence-corrected chi connectivity index (χ4v) is 3.94. The van der Waals surface area contributed by atoms with E-state index < -0.39 is 0 Å². The van der Waals surface area contributed by atoms with E-state index in [9.17, 15) is 4.79 Å². The highest BCUT2D eigenvalue weighted by atomic mass is 32.1. The van der Waals surface area contributed by atoms with E-state index >= 15 is 0 Å². The van der Waals surface area contributed by atoms with Crippen molar-refractivity contribution in [1.82, 2.24) is 19.7 Å². The molecule has 1 saturated heterocycles. The van der Waals surface area contributed by atoms with Crippen LogP contribution in [-0.4, -0.2) is 38.7 Å². The number of carbonyl (C=O) groups excluding carboxylic acids is 1. The number of pyridine rings is 1. The Morgan fingerprint density at radius 1 is 1.30 bits per heavy atom. The third-order valence-electron chi connectivity index (χ3n) is 4.37. The first-order chi connectivity index (χ1) is 11.1. The molecule has 0 atom stereocenters. The van der Waals surface area contributed by atoms with Crippen molar-refractivity contribution < 1.29 is 4.79 Å². The minimum absolute atomic E-state index is 0.101. The monoisotopic (exact) mass is 326 g/mol. The van der Waals surface area contributed by atoms with Crippen LogP contribution in [0.4, 0.5) is 0 Å². The van der Waals surface area contributed by atoms with Crippen molar-refractivity contribution in [3.8, 4) is 10.6 Å². The summed E-state index contributed by atoms with van der Waals surface area (Å²) < 4.78 is 1.77. The molecule has 6 heteroatoms. The number of fused-ring (bicyclic) bond motifs is 1. The van der Waals surface area contributed by atoms with Crippen LogP contribution in [-0.2, 0) is 7.05 Å². The van der Waals surface area contributed by atoms with E-state index in [2.05, 4.69) is 5.10 Å². The van der Waals surface area contributed by atoms with Gasteiger partial charge in [0.25, 0.3) is 5.91 Å². The lowest BCUT2D eigenvalue weighted by molar-refractivity contribution is 0.0794. The Bertz CT molecular complexity index is 876. The highest BCUT2D eigenvalue weighted by molar-refractivity contribution is 7.13. The van der Waals surface area contributed by atoms with Gasteiger partial charge in [0.2, 0.25) is 0 Å². The Kier molecular flexibility index (Phi) is 3.41. The zero-order valence-electron chi connectivity index (χ0n) is 13.2. The molecule has 4 rings (SSSR count). The Hall–Kier alpha value is -2.21. The van der Waals surface area contributed by atoms with Gasteiger partial charge in [-0.2, -0.15) is 5.10 Å². The van der Waals surface area contributed by atoms with Crippen molar-refractivity contribution in [3.05, 3.63) is 34.8 Å². The Morgan fingerprint density at radius 3 is 2.78 bits per heavy atom. The normalized spacial score (nSPS) is 14.8. The highest BCUT2D eigenvalue weighted by Crippen LogP contribution is 2.30. The number of aromatic nitrogens is 3. The Morgan fingerprint density at radius 2 is 2.09 bits per heavy atom. The van der Waals surface area contributed by atoms with Crippen molar-refractivity contribution in [3.63, 3.8) is 0 Å². The van der Waals surface area contributed by atoms with E-state index in [-0.39, 0.29) is 5.91 Å². The molecule has 3 aromatic rings. The second-order valence-corrected chi connectivity index (χ2v) is 6.89. The van der Waals surface area contributed by atoms with Crippen LogP contribution in [0.25, 0.3) is 21.6 Å². The number of likely N-dealkylation sites (tertiary alicyclic amines) is 1. The summed E-state index contributed by atoms with van der Waals surface area (Å²) in [4.78, 5) is 20.8. The molecule has 1 fully saturated rings. The first kappa shape index (κ1) is 14.4. The summed E-state index contributed by atoms with van der Waals surface area (Å²) in [6.07, 6.45) is 2.17. The zero-order chi connectivity index (χ0) is 16.0. The summed E-state index contributed by atoms with van der Waals surface area (Å²) in [5.74, 6) is 0.101. The zero-order valence-corrected chi connectivity index (χ0v) is 14.1. The van der Waals surface area contributed by atoms with Crippen LogP contribution in [0.3, 0.4) is 0 Å². The smallest absolute Gasteiger partial charge is 0.254 e. The van der Waals surface area contributed by atoms with Crippen LogP contribution < -0.4 is 0 Å². The third-order valence-corrected chi connectivity index (χ3v) is 5.26. The summed E-state index contributed by atoms with van der Waals surface area (Å²) in [7, 11) is 1.88. The molecule has 0 aromatic carbocycles. The van der Waals surface area contributed by atoms with E-state index in [1.165, 1.54) is 0 Å². The van der Waals surface area contributed by atoms with Crippen molar-refractivity contribution >= 4 is 28.3 Å². The largest absolute Gasteiger partial charge is 0.339 e. The quantitative estimate of drug-likeness (QED) is 0.726. The average Bonchev–Trinajstić information content (AvgIpc) is 3.28. The molecule has 1 aliphatic heterocycles. The summed E-state index contributed by atoms with van der Waals surface area (Å²) >= 11 is 1.63. The molecule has 0 radical (unpaired) electrons. The number of rotatable bonds is 2. The van der Waals surface area contributed by atoms with Crippen LogP contribution in [0.5, 0.6) is 0 Å². The SMILES string of the molecule is Cc1nn(C)c2nc(-c3cccs3)cc(C(=O)N3CCCC3)c12. The lowest BCUT2D eigenvalue weighted by atomic mass is 10.1. The molecular weight excluding hydrogens is 308 g/mol. The van der Waals surface area contributed by atoms with Gasteiger partial charge in [0.15, 0.2) is 5.65 Å². The maximum absolute atomic E-state index is 13.0. The number of hydrogen-bond donors (Lipinski definition) is 0. The van der Waals surface area contributed by atoms with Gasteiger partial charge in [-0.05, 0) is 37.3 Å². The van der Waals surface area contributed by atoms with Crippen molar-refractivity contribution in [2.75, 3.05) is 13.1 Å². The van der Waals surface area contributed by atoms with Crippen LogP contribution >= 0.6 is 11.3 Å². The molecular formula is C17H18N4OS. The van der Waals surface area contributed by atoms with E-state index in [0.717, 1.165) is 58.8 Å². The van der Waals surface area contributed by atoms with E-state index in [1.54, 1.807) is 16.0 Å². The van der Waals surface area contributed by atoms with Crippen molar-refractivity contribution in [2.24, 2.45) is 7.05 Å². The molecule has 0 saturated carbocycles. The fourth-order valence-electron chi connectivity index (χ4n) is 3.25. The standard InChI is InChI=1S/C17H18N4OS/c1-11-15-12(17(22)21-7-3-4-8-21)10-13(14-6-5-9-23-14)18-16(15)20(2)19-11/h5-6,9-10H,3-4,7-8H2,1-2H3. The second kappa shape index (κ2) is 5.45. The minimum atomic E-state index is 0.101. The van der Waals surface area contributed by atoms with E-state index in [1.807, 2.05) is 42.5 Å². The number of carbonyl (C=O) groups is 1.